The number of piperazine rings is 1. The highest BCUT2D eigenvalue weighted by Crippen LogP contribution is 2.21. The highest BCUT2D eigenvalue weighted by molar-refractivity contribution is 5.63. The molecule has 1 aliphatic heterocycles. The van der Waals surface area contributed by atoms with Crippen LogP contribution in [-0.4, -0.2) is 47.5 Å². The summed E-state index contributed by atoms with van der Waals surface area (Å²) in [6, 6.07) is 11.3. The number of carbonyl (C=O) groups is 1. The van der Waals surface area contributed by atoms with E-state index in [9.17, 15) is 10.1 Å². The lowest BCUT2D eigenvalue weighted by molar-refractivity contribution is -0.118. The summed E-state index contributed by atoms with van der Waals surface area (Å²) in [5.74, 6) is 1.29. The lowest BCUT2D eigenvalue weighted by atomic mass is 10.2. The van der Waals surface area contributed by atoms with Gasteiger partial charge in [-0.1, -0.05) is 12.1 Å². The maximum absolute atomic E-state index is 10.8. The predicted octanol–water partition coefficient (Wildman–Crippen LogP) is 1.68. The molecule has 0 aliphatic carbocycles. The zero-order valence-corrected chi connectivity index (χ0v) is 13.4. The Bertz CT molecular complexity index is 777. The third-order valence-electron chi connectivity index (χ3n) is 3.92. The number of hydrogen-bond donors (Lipinski definition) is 1. The van der Waals surface area contributed by atoms with E-state index in [0.29, 0.717) is 30.3 Å². The predicted molar refractivity (Wildman–Crippen MR) is 91.1 cm³/mol. The Morgan fingerprint density at radius 2 is 1.96 bits per heavy atom. The van der Waals surface area contributed by atoms with Crippen LogP contribution in [0.2, 0.25) is 0 Å². The summed E-state index contributed by atoms with van der Waals surface area (Å²) < 4.78 is 0. The van der Waals surface area contributed by atoms with Crippen molar-refractivity contribution in [3.63, 3.8) is 0 Å². The van der Waals surface area contributed by atoms with Crippen molar-refractivity contribution in [1.82, 2.24) is 14.9 Å². The summed E-state index contributed by atoms with van der Waals surface area (Å²) >= 11 is 0. The third-order valence-corrected chi connectivity index (χ3v) is 3.92. The second-order valence-electron chi connectivity index (χ2n) is 5.60. The first-order chi connectivity index (χ1) is 11.7. The van der Waals surface area contributed by atoms with Gasteiger partial charge in [0.1, 0.15) is 11.9 Å². The molecule has 7 nitrogen and oxygen atoms in total. The fraction of sp³-hybridized carbons (Fsp3) is 0.294. The number of para-hydroxylation sites is 1. The molecule has 1 saturated heterocycles. The van der Waals surface area contributed by atoms with E-state index >= 15 is 0 Å². The van der Waals surface area contributed by atoms with Crippen molar-refractivity contribution in [2.45, 2.75) is 6.92 Å². The summed E-state index contributed by atoms with van der Waals surface area (Å²) in [5.41, 5.74) is 2.07. The molecule has 3 rings (SSSR count). The molecular formula is C17H18N6O. The van der Waals surface area contributed by atoms with Gasteiger partial charge in [0.25, 0.3) is 0 Å². The summed E-state index contributed by atoms with van der Waals surface area (Å²) in [4.78, 5) is 23.7. The molecule has 122 valence electrons. The minimum atomic E-state index is 0.463. The van der Waals surface area contributed by atoms with Crippen molar-refractivity contribution >= 4 is 23.9 Å². The number of hydrogen-bond acceptors (Lipinski definition) is 6. The molecule has 1 N–H and O–H groups in total. The van der Waals surface area contributed by atoms with Crippen molar-refractivity contribution in [2.75, 3.05) is 36.4 Å². The minimum Gasteiger partial charge on any atom is -0.353 e. The largest absolute Gasteiger partial charge is 0.353 e. The van der Waals surface area contributed by atoms with Crippen LogP contribution in [0.25, 0.3) is 0 Å². The van der Waals surface area contributed by atoms with E-state index in [2.05, 4.69) is 26.3 Å². The standard InChI is InChI=1S/C17H18N6O/c1-13-10-16(23-8-6-22(12-24)7-9-23)21-17(19-13)20-15-5-3-2-4-14(15)11-18/h2-5,10,12H,6-9H2,1H3,(H,19,20,21). The van der Waals surface area contributed by atoms with Crippen LogP contribution in [0.4, 0.5) is 17.5 Å². The van der Waals surface area contributed by atoms with E-state index in [4.69, 9.17) is 0 Å². The van der Waals surface area contributed by atoms with Crippen LogP contribution >= 0.6 is 0 Å². The summed E-state index contributed by atoms with van der Waals surface area (Å²) in [7, 11) is 0. The number of nitrogens with zero attached hydrogens (tertiary/aromatic N) is 5. The van der Waals surface area contributed by atoms with Crippen LogP contribution in [0.15, 0.2) is 30.3 Å². The molecular weight excluding hydrogens is 304 g/mol. The molecule has 1 aromatic heterocycles. The molecule has 1 aliphatic rings. The molecule has 1 amide bonds. The highest BCUT2D eigenvalue weighted by atomic mass is 16.1. The van der Waals surface area contributed by atoms with Crippen LogP contribution in [0.1, 0.15) is 11.3 Å². The number of rotatable bonds is 4. The summed E-state index contributed by atoms with van der Waals surface area (Å²) in [6.07, 6.45) is 0.883. The van der Waals surface area contributed by atoms with E-state index in [1.807, 2.05) is 31.2 Å². The molecule has 0 bridgehead atoms. The second kappa shape index (κ2) is 6.96. The zero-order valence-electron chi connectivity index (χ0n) is 13.4. The molecule has 7 heteroatoms. The number of nitrogens with one attached hydrogen (secondary N) is 1. The molecule has 2 heterocycles. The van der Waals surface area contributed by atoms with E-state index in [1.165, 1.54) is 0 Å². The maximum atomic E-state index is 10.8. The number of amides is 1. The first-order valence-electron chi connectivity index (χ1n) is 7.76. The molecule has 0 spiro atoms. The fourth-order valence-corrected chi connectivity index (χ4v) is 2.64. The highest BCUT2D eigenvalue weighted by Gasteiger charge is 2.18. The Labute approximate surface area is 140 Å². The van der Waals surface area contributed by atoms with Gasteiger partial charge in [-0.15, -0.1) is 0 Å². The lowest BCUT2D eigenvalue weighted by Gasteiger charge is -2.33. The third kappa shape index (κ3) is 3.43. The normalized spacial score (nSPS) is 14.2. The Morgan fingerprint density at radius 3 is 2.67 bits per heavy atom. The van der Waals surface area contributed by atoms with E-state index in [1.54, 1.807) is 11.0 Å². The monoisotopic (exact) mass is 322 g/mol. The fourth-order valence-electron chi connectivity index (χ4n) is 2.64. The van der Waals surface area contributed by atoms with Gasteiger partial charge in [-0.3, -0.25) is 4.79 Å². The molecule has 2 aromatic rings. The molecule has 1 fully saturated rings. The van der Waals surface area contributed by atoms with Crippen LogP contribution in [0.5, 0.6) is 0 Å². The van der Waals surface area contributed by atoms with Gasteiger partial charge in [0, 0.05) is 37.9 Å². The molecule has 24 heavy (non-hydrogen) atoms. The minimum absolute atomic E-state index is 0.463. The number of carbonyl (C=O) groups excluding carboxylic acids is 1. The van der Waals surface area contributed by atoms with Gasteiger partial charge in [-0.2, -0.15) is 10.2 Å². The summed E-state index contributed by atoms with van der Waals surface area (Å²) in [5, 5.41) is 12.3. The number of benzene rings is 1. The Balaban J connectivity index is 1.82. The number of aryl methyl sites for hydroxylation is 1. The number of aromatic nitrogens is 2. The van der Waals surface area contributed by atoms with Crippen molar-refractivity contribution in [1.29, 1.82) is 5.26 Å². The van der Waals surface area contributed by atoms with Crippen LogP contribution in [-0.2, 0) is 4.79 Å². The quantitative estimate of drug-likeness (QED) is 0.862. The average molecular weight is 322 g/mol. The van der Waals surface area contributed by atoms with Gasteiger partial charge in [-0.25, -0.2) is 4.98 Å². The molecule has 0 saturated carbocycles. The average Bonchev–Trinajstić information content (AvgIpc) is 2.62. The van der Waals surface area contributed by atoms with Gasteiger partial charge in [0.05, 0.1) is 11.3 Å². The maximum Gasteiger partial charge on any atom is 0.229 e. The van der Waals surface area contributed by atoms with Crippen molar-refractivity contribution in [3.8, 4) is 6.07 Å². The van der Waals surface area contributed by atoms with Crippen LogP contribution in [0, 0.1) is 18.3 Å². The summed E-state index contributed by atoms with van der Waals surface area (Å²) in [6.45, 7) is 4.76. The van der Waals surface area contributed by atoms with Gasteiger partial charge >= 0.3 is 0 Å². The van der Waals surface area contributed by atoms with Crippen molar-refractivity contribution in [3.05, 3.63) is 41.6 Å². The number of anilines is 3. The molecule has 0 radical (unpaired) electrons. The molecule has 1 aromatic carbocycles. The van der Waals surface area contributed by atoms with Crippen LogP contribution < -0.4 is 10.2 Å². The van der Waals surface area contributed by atoms with E-state index in [-0.39, 0.29) is 0 Å². The van der Waals surface area contributed by atoms with Gasteiger partial charge in [-0.05, 0) is 19.1 Å². The topological polar surface area (TPSA) is 85.1 Å². The van der Waals surface area contributed by atoms with Crippen molar-refractivity contribution in [2.24, 2.45) is 0 Å². The first-order valence-corrected chi connectivity index (χ1v) is 7.76. The van der Waals surface area contributed by atoms with Gasteiger partial charge in [0.15, 0.2) is 0 Å². The van der Waals surface area contributed by atoms with Crippen molar-refractivity contribution < 1.29 is 4.79 Å². The second-order valence-corrected chi connectivity index (χ2v) is 5.60. The Kier molecular flexibility index (Phi) is 4.57. The lowest BCUT2D eigenvalue weighted by Crippen LogP contribution is -2.46. The van der Waals surface area contributed by atoms with Gasteiger partial charge in [0.2, 0.25) is 12.4 Å². The van der Waals surface area contributed by atoms with E-state index in [0.717, 1.165) is 31.0 Å². The smallest absolute Gasteiger partial charge is 0.229 e. The first kappa shape index (κ1) is 15.7. The number of nitriles is 1. The van der Waals surface area contributed by atoms with Gasteiger partial charge < -0.3 is 15.1 Å². The molecule has 0 unspecified atom stereocenters. The Morgan fingerprint density at radius 1 is 1.21 bits per heavy atom. The van der Waals surface area contributed by atoms with E-state index < -0.39 is 0 Å². The Hall–Kier alpha value is -3.14. The SMILES string of the molecule is Cc1cc(N2CCN(C=O)CC2)nc(Nc2ccccc2C#N)n1. The molecule has 0 atom stereocenters. The van der Waals surface area contributed by atoms with Crippen LogP contribution in [0.3, 0.4) is 0 Å². The zero-order chi connectivity index (χ0) is 16.9.